The SMILES string of the molecule is OC1CCC23CCCCCCCCCCC12O3. The smallest absolute Gasteiger partial charge is 0.124 e. The maximum absolute atomic E-state index is 10.2. The molecule has 0 bridgehead atoms. The van der Waals surface area contributed by atoms with Gasteiger partial charge in [0.2, 0.25) is 0 Å². The molecule has 1 saturated heterocycles. The summed E-state index contributed by atoms with van der Waals surface area (Å²) in [6.45, 7) is 0. The lowest BCUT2D eigenvalue weighted by Gasteiger charge is -2.17. The molecule has 0 aromatic rings. The maximum atomic E-state index is 10.2. The number of rotatable bonds is 0. The highest BCUT2D eigenvalue weighted by molar-refractivity contribution is 5.23. The summed E-state index contributed by atoms with van der Waals surface area (Å²) < 4.78 is 6.10. The van der Waals surface area contributed by atoms with Gasteiger partial charge in [0.25, 0.3) is 0 Å². The monoisotopic (exact) mass is 238 g/mol. The van der Waals surface area contributed by atoms with Crippen molar-refractivity contribution in [1.82, 2.24) is 0 Å². The van der Waals surface area contributed by atoms with E-state index in [1.165, 1.54) is 57.8 Å². The summed E-state index contributed by atoms with van der Waals surface area (Å²) in [5, 5.41) is 10.2. The van der Waals surface area contributed by atoms with Crippen LogP contribution in [0, 0.1) is 0 Å². The van der Waals surface area contributed by atoms with Gasteiger partial charge >= 0.3 is 0 Å². The Bertz CT molecular complexity index is 278. The Hall–Kier alpha value is -0.0800. The number of epoxide rings is 1. The van der Waals surface area contributed by atoms with Gasteiger partial charge in [-0.1, -0.05) is 51.4 Å². The fourth-order valence-electron chi connectivity index (χ4n) is 4.25. The van der Waals surface area contributed by atoms with Gasteiger partial charge in [0.15, 0.2) is 0 Å². The first kappa shape index (κ1) is 12.0. The van der Waals surface area contributed by atoms with Crippen molar-refractivity contribution in [3.63, 3.8) is 0 Å². The molecule has 0 aromatic heterocycles. The Morgan fingerprint density at radius 1 is 0.765 bits per heavy atom. The number of aliphatic hydroxyl groups excluding tert-OH is 1. The van der Waals surface area contributed by atoms with Crippen LogP contribution in [-0.2, 0) is 4.74 Å². The first-order valence-electron chi connectivity index (χ1n) is 7.67. The maximum Gasteiger partial charge on any atom is 0.124 e. The van der Waals surface area contributed by atoms with Gasteiger partial charge in [0, 0.05) is 0 Å². The molecule has 3 aliphatic rings. The molecule has 2 nitrogen and oxygen atoms in total. The van der Waals surface area contributed by atoms with E-state index in [4.69, 9.17) is 4.74 Å². The van der Waals surface area contributed by atoms with Gasteiger partial charge in [0.05, 0.1) is 6.10 Å². The molecule has 0 spiro atoms. The van der Waals surface area contributed by atoms with Crippen LogP contribution in [-0.4, -0.2) is 22.4 Å². The third-order valence-electron chi connectivity index (χ3n) is 5.35. The van der Waals surface area contributed by atoms with E-state index in [9.17, 15) is 5.11 Å². The van der Waals surface area contributed by atoms with E-state index in [1.54, 1.807) is 0 Å². The van der Waals surface area contributed by atoms with E-state index in [-0.39, 0.29) is 17.3 Å². The molecule has 3 fully saturated rings. The van der Waals surface area contributed by atoms with E-state index < -0.39 is 0 Å². The Labute approximate surface area is 105 Å². The van der Waals surface area contributed by atoms with E-state index in [2.05, 4.69) is 0 Å². The van der Waals surface area contributed by atoms with Gasteiger partial charge in [-0.15, -0.1) is 0 Å². The fraction of sp³-hybridized carbons (Fsp3) is 1.00. The Morgan fingerprint density at radius 2 is 1.35 bits per heavy atom. The fourth-order valence-corrected chi connectivity index (χ4v) is 4.25. The molecule has 98 valence electrons. The summed E-state index contributed by atoms with van der Waals surface area (Å²) in [5.74, 6) is 0. The highest BCUT2D eigenvalue weighted by atomic mass is 16.6. The van der Waals surface area contributed by atoms with E-state index >= 15 is 0 Å². The van der Waals surface area contributed by atoms with Crippen molar-refractivity contribution in [2.24, 2.45) is 0 Å². The minimum Gasteiger partial charge on any atom is -0.390 e. The van der Waals surface area contributed by atoms with E-state index in [0.717, 1.165) is 19.3 Å². The molecular formula is C15H26O2. The van der Waals surface area contributed by atoms with Crippen LogP contribution >= 0.6 is 0 Å². The standard InChI is InChI=1S/C15H26O2/c16-13-9-12-14-10-7-5-3-1-2-4-6-8-11-15(13,14)17-14/h13,16H,1-12H2. The molecule has 3 rings (SSSR count). The van der Waals surface area contributed by atoms with Crippen molar-refractivity contribution >= 4 is 0 Å². The van der Waals surface area contributed by atoms with Gasteiger partial charge in [-0.25, -0.2) is 0 Å². The van der Waals surface area contributed by atoms with E-state index in [0.29, 0.717) is 0 Å². The average Bonchev–Trinajstić information content (AvgIpc) is 2.89. The molecular weight excluding hydrogens is 212 g/mol. The predicted octanol–water partition coefficient (Wildman–Crippen LogP) is 3.56. The highest BCUT2D eigenvalue weighted by Crippen LogP contribution is 2.64. The first-order valence-corrected chi connectivity index (χ1v) is 7.67. The van der Waals surface area contributed by atoms with Crippen molar-refractivity contribution in [2.75, 3.05) is 0 Å². The minimum absolute atomic E-state index is 0.103. The molecule has 0 amide bonds. The molecule has 2 aliphatic carbocycles. The quantitative estimate of drug-likeness (QED) is 0.654. The van der Waals surface area contributed by atoms with E-state index in [1.807, 2.05) is 0 Å². The summed E-state index contributed by atoms with van der Waals surface area (Å²) in [7, 11) is 0. The number of hydrogen-bond acceptors (Lipinski definition) is 2. The molecule has 2 heteroatoms. The molecule has 3 atom stereocenters. The molecule has 0 aromatic carbocycles. The Kier molecular flexibility index (Phi) is 3.20. The lowest BCUT2D eigenvalue weighted by molar-refractivity contribution is 0.0554. The second-order valence-corrected chi connectivity index (χ2v) is 6.37. The van der Waals surface area contributed by atoms with Crippen LogP contribution in [0.1, 0.15) is 77.0 Å². The third-order valence-corrected chi connectivity index (χ3v) is 5.35. The van der Waals surface area contributed by atoms with Crippen molar-refractivity contribution in [3.8, 4) is 0 Å². The van der Waals surface area contributed by atoms with Crippen LogP contribution in [0.25, 0.3) is 0 Å². The second kappa shape index (κ2) is 4.55. The molecule has 1 N–H and O–H groups in total. The van der Waals surface area contributed by atoms with Gasteiger partial charge < -0.3 is 9.84 Å². The minimum atomic E-state index is -0.176. The van der Waals surface area contributed by atoms with Crippen LogP contribution in [0.4, 0.5) is 0 Å². The highest BCUT2D eigenvalue weighted by Gasteiger charge is 2.75. The van der Waals surface area contributed by atoms with Crippen molar-refractivity contribution in [3.05, 3.63) is 0 Å². The largest absolute Gasteiger partial charge is 0.390 e. The van der Waals surface area contributed by atoms with Gasteiger partial charge in [0.1, 0.15) is 11.2 Å². The molecule has 3 unspecified atom stereocenters. The molecule has 2 saturated carbocycles. The average molecular weight is 238 g/mol. The van der Waals surface area contributed by atoms with Crippen molar-refractivity contribution in [1.29, 1.82) is 0 Å². The summed E-state index contributed by atoms with van der Waals surface area (Å²) >= 11 is 0. The zero-order valence-corrected chi connectivity index (χ0v) is 10.9. The van der Waals surface area contributed by atoms with Crippen LogP contribution < -0.4 is 0 Å². The molecule has 1 aliphatic heterocycles. The summed E-state index contributed by atoms with van der Waals surface area (Å²) in [5.41, 5.74) is -0.00217. The Morgan fingerprint density at radius 3 is 2.06 bits per heavy atom. The molecule has 0 radical (unpaired) electrons. The summed E-state index contributed by atoms with van der Waals surface area (Å²) in [4.78, 5) is 0. The Balaban J connectivity index is 1.65. The number of hydrogen-bond donors (Lipinski definition) is 1. The summed E-state index contributed by atoms with van der Waals surface area (Å²) in [6.07, 6.45) is 15.0. The number of ether oxygens (including phenoxy) is 1. The molecule has 1 heterocycles. The second-order valence-electron chi connectivity index (χ2n) is 6.37. The van der Waals surface area contributed by atoms with Crippen molar-refractivity contribution in [2.45, 2.75) is 94.4 Å². The topological polar surface area (TPSA) is 32.8 Å². The first-order chi connectivity index (χ1) is 8.29. The normalized spacial score (nSPS) is 47.5. The third kappa shape index (κ3) is 1.94. The van der Waals surface area contributed by atoms with Crippen LogP contribution in [0.3, 0.4) is 0 Å². The predicted molar refractivity (Wildman–Crippen MR) is 68.0 cm³/mol. The van der Waals surface area contributed by atoms with Gasteiger partial charge in [-0.2, -0.15) is 0 Å². The van der Waals surface area contributed by atoms with Crippen LogP contribution in [0.2, 0.25) is 0 Å². The molecule has 17 heavy (non-hydrogen) atoms. The lowest BCUT2D eigenvalue weighted by Crippen LogP contribution is -2.30. The summed E-state index contributed by atoms with van der Waals surface area (Å²) in [6, 6.07) is 0. The zero-order valence-electron chi connectivity index (χ0n) is 10.9. The van der Waals surface area contributed by atoms with Crippen molar-refractivity contribution < 1.29 is 9.84 Å². The van der Waals surface area contributed by atoms with Crippen LogP contribution in [0.5, 0.6) is 0 Å². The van der Waals surface area contributed by atoms with Gasteiger partial charge in [-0.3, -0.25) is 0 Å². The lowest BCUT2D eigenvalue weighted by atomic mass is 9.85. The van der Waals surface area contributed by atoms with Gasteiger partial charge in [-0.05, 0) is 25.7 Å². The van der Waals surface area contributed by atoms with Crippen LogP contribution in [0.15, 0.2) is 0 Å². The zero-order chi connectivity index (χ0) is 11.8. The number of aliphatic hydroxyl groups is 1.